The zero-order valence-electron chi connectivity index (χ0n) is 8.08. The minimum absolute atomic E-state index is 0.213. The van der Waals surface area contributed by atoms with Crippen molar-refractivity contribution < 1.29 is 18.4 Å². The summed E-state index contributed by atoms with van der Waals surface area (Å²) in [5.41, 5.74) is 0. The lowest BCUT2D eigenvalue weighted by Gasteiger charge is -2.28. The fourth-order valence-electron chi connectivity index (χ4n) is 0.724. The van der Waals surface area contributed by atoms with E-state index in [4.69, 9.17) is 9.05 Å². The number of Topliss-reactive ketones (excluding diaryl/α,β-unsaturated/α-hetero) is 1. The summed E-state index contributed by atoms with van der Waals surface area (Å²) in [7, 11) is -0.744. The van der Waals surface area contributed by atoms with Gasteiger partial charge in [0.05, 0.1) is 0 Å². The number of hydrogen-bond donors (Lipinski definition) is 0. The van der Waals surface area contributed by atoms with E-state index in [2.05, 4.69) is 0 Å². The summed E-state index contributed by atoms with van der Waals surface area (Å²) < 4.78 is 21.2. The number of ketones is 1. The summed E-state index contributed by atoms with van der Waals surface area (Å²) in [5, 5.41) is -1.07. The highest BCUT2D eigenvalue weighted by molar-refractivity contribution is 7.56. The summed E-state index contributed by atoms with van der Waals surface area (Å²) in [6.07, 6.45) is 0. The Morgan fingerprint density at radius 1 is 1.25 bits per heavy atom. The van der Waals surface area contributed by atoms with Crippen molar-refractivity contribution in [1.82, 2.24) is 0 Å². The van der Waals surface area contributed by atoms with E-state index in [9.17, 15) is 9.36 Å². The first-order chi connectivity index (χ1) is 5.31. The molecule has 0 saturated heterocycles. The van der Waals surface area contributed by atoms with Crippen LogP contribution in [0.1, 0.15) is 20.8 Å². The minimum Gasteiger partial charge on any atom is -0.311 e. The largest absolute Gasteiger partial charge is 0.343 e. The van der Waals surface area contributed by atoms with E-state index in [0.717, 1.165) is 0 Å². The lowest BCUT2D eigenvalue weighted by atomic mass is 10.1. The molecule has 0 amide bonds. The molecule has 72 valence electrons. The average molecular weight is 194 g/mol. The van der Waals surface area contributed by atoms with E-state index in [-0.39, 0.29) is 5.78 Å². The second-order valence-corrected chi connectivity index (χ2v) is 5.82. The molecule has 0 aromatic rings. The fraction of sp³-hybridized carbons (Fsp3) is 0.857. The van der Waals surface area contributed by atoms with Gasteiger partial charge in [0.25, 0.3) is 0 Å². The predicted octanol–water partition coefficient (Wildman–Crippen LogP) is 1.84. The van der Waals surface area contributed by atoms with Crippen LogP contribution in [0, 0.1) is 0 Å². The van der Waals surface area contributed by atoms with Crippen LogP contribution in [0.5, 0.6) is 0 Å². The number of carbonyl (C=O) groups excluding carboxylic acids is 1. The zero-order valence-corrected chi connectivity index (χ0v) is 8.97. The summed E-state index contributed by atoms with van der Waals surface area (Å²) in [6.45, 7) is 4.46. The topological polar surface area (TPSA) is 52.6 Å². The van der Waals surface area contributed by atoms with Crippen LogP contribution in [0.3, 0.4) is 0 Å². The van der Waals surface area contributed by atoms with Crippen LogP contribution < -0.4 is 0 Å². The van der Waals surface area contributed by atoms with Crippen molar-refractivity contribution in [1.29, 1.82) is 0 Å². The van der Waals surface area contributed by atoms with Crippen LogP contribution >= 0.6 is 7.60 Å². The second kappa shape index (κ2) is 3.69. The van der Waals surface area contributed by atoms with E-state index in [1.54, 1.807) is 13.8 Å². The summed E-state index contributed by atoms with van der Waals surface area (Å²) in [4.78, 5) is 11.1. The van der Waals surface area contributed by atoms with Crippen LogP contribution in [-0.4, -0.2) is 25.2 Å². The predicted molar refractivity (Wildman–Crippen MR) is 46.4 cm³/mol. The van der Waals surface area contributed by atoms with Gasteiger partial charge in [0.15, 0.2) is 0 Å². The van der Waals surface area contributed by atoms with Gasteiger partial charge in [-0.05, 0) is 20.8 Å². The van der Waals surface area contributed by atoms with Gasteiger partial charge in [-0.1, -0.05) is 0 Å². The van der Waals surface area contributed by atoms with Crippen LogP contribution in [0.25, 0.3) is 0 Å². The molecule has 0 atom stereocenters. The fourth-order valence-corrected chi connectivity index (χ4v) is 2.17. The van der Waals surface area contributed by atoms with Crippen molar-refractivity contribution >= 4 is 13.4 Å². The molecule has 0 aliphatic rings. The molecule has 0 N–H and O–H groups in total. The summed E-state index contributed by atoms with van der Waals surface area (Å²) in [6, 6.07) is 0. The van der Waals surface area contributed by atoms with Gasteiger partial charge in [0.1, 0.15) is 10.9 Å². The van der Waals surface area contributed by atoms with E-state index >= 15 is 0 Å². The molecule has 0 fully saturated rings. The first-order valence-corrected chi connectivity index (χ1v) is 5.08. The third-order valence-electron chi connectivity index (χ3n) is 2.03. The lowest BCUT2D eigenvalue weighted by Crippen LogP contribution is -2.30. The van der Waals surface area contributed by atoms with Gasteiger partial charge in [0.2, 0.25) is 0 Å². The molecule has 0 aliphatic heterocycles. The van der Waals surface area contributed by atoms with Crippen molar-refractivity contribution in [3.05, 3.63) is 0 Å². The molecule has 0 radical (unpaired) electrons. The average Bonchev–Trinajstić information content (AvgIpc) is 2.02. The van der Waals surface area contributed by atoms with Crippen LogP contribution in [0.4, 0.5) is 0 Å². The highest BCUT2D eigenvalue weighted by Gasteiger charge is 2.45. The van der Waals surface area contributed by atoms with Gasteiger partial charge in [-0.2, -0.15) is 0 Å². The SMILES string of the molecule is COP(=O)(OC)C(C)(C)C(C)=O. The monoisotopic (exact) mass is 194 g/mol. The normalized spacial score (nSPS) is 13.1. The van der Waals surface area contributed by atoms with E-state index < -0.39 is 12.8 Å². The molecule has 0 aliphatic carbocycles. The Morgan fingerprint density at radius 3 is 1.67 bits per heavy atom. The molecule has 0 spiro atoms. The van der Waals surface area contributed by atoms with Crippen molar-refractivity contribution in [2.75, 3.05) is 14.2 Å². The molecule has 12 heavy (non-hydrogen) atoms. The Morgan fingerprint density at radius 2 is 1.58 bits per heavy atom. The van der Waals surface area contributed by atoms with Gasteiger partial charge in [-0.3, -0.25) is 9.36 Å². The Bertz CT molecular complexity index is 213. The molecule has 5 heteroatoms. The molecule has 0 rings (SSSR count). The number of carbonyl (C=O) groups is 1. The number of rotatable bonds is 4. The zero-order chi connectivity index (χ0) is 9.99. The maximum absolute atomic E-state index is 11.7. The van der Waals surface area contributed by atoms with Gasteiger partial charge in [-0.15, -0.1) is 0 Å². The summed E-state index contributed by atoms with van der Waals surface area (Å²) in [5.74, 6) is -0.213. The lowest BCUT2D eigenvalue weighted by molar-refractivity contribution is -0.119. The van der Waals surface area contributed by atoms with Gasteiger partial charge in [0, 0.05) is 14.2 Å². The highest BCUT2D eigenvalue weighted by Crippen LogP contribution is 2.58. The molecule has 4 nitrogen and oxygen atoms in total. The molecule has 0 heterocycles. The van der Waals surface area contributed by atoms with Gasteiger partial charge >= 0.3 is 7.60 Å². The summed E-state index contributed by atoms with van der Waals surface area (Å²) >= 11 is 0. The van der Waals surface area contributed by atoms with Crippen LogP contribution in [0.2, 0.25) is 0 Å². The second-order valence-electron chi connectivity index (χ2n) is 2.98. The van der Waals surface area contributed by atoms with Crippen LogP contribution in [0.15, 0.2) is 0 Å². The van der Waals surface area contributed by atoms with E-state index in [1.807, 2.05) is 0 Å². The maximum Gasteiger partial charge on any atom is 0.343 e. The van der Waals surface area contributed by atoms with E-state index in [1.165, 1.54) is 21.1 Å². The highest BCUT2D eigenvalue weighted by atomic mass is 31.2. The number of hydrogen-bond acceptors (Lipinski definition) is 4. The van der Waals surface area contributed by atoms with Crippen LogP contribution in [-0.2, 0) is 18.4 Å². The first-order valence-electron chi connectivity index (χ1n) is 3.54. The third kappa shape index (κ3) is 1.76. The standard InChI is InChI=1S/C7H15O4P/c1-6(8)7(2,3)12(9,10-4)11-5/h1-5H3. The molecule has 0 aromatic carbocycles. The molecular formula is C7H15O4P. The quantitative estimate of drug-likeness (QED) is 0.641. The van der Waals surface area contributed by atoms with Crippen molar-refractivity contribution in [3.63, 3.8) is 0 Å². The maximum atomic E-state index is 11.7. The Hall–Kier alpha value is -0.180. The smallest absolute Gasteiger partial charge is 0.311 e. The Balaban J connectivity index is 4.98. The molecule has 0 saturated carbocycles. The van der Waals surface area contributed by atoms with Crippen molar-refractivity contribution in [3.8, 4) is 0 Å². The first kappa shape index (κ1) is 11.8. The molecule has 0 unspecified atom stereocenters. The van der Waals surface area contributed by atoms with E-state index in [0.29, 0.717) is 0 Å². The molecule has 0 aromatic heterocycles. The third-order valence-corrected chi connectivity index (χ3v) is 4.67. The van der Waals surface area contributed by atoms with Crippen molar-refractivity contribution in [2.24, 2.45) is 0 Å². The van der Waals surface area contributed by atoms with Crippen molar-refractivity contribution in [2.45, 2.75) is 25.9 Å². The van der Waals surface area contributed by atoms with Gasteiger partial charge in [-0.25, -0.2) is 0 Å². The van der Waals surface area contributed by atoms with Gasteiger partial charge < -0.3 is 9.05 Å². The molecule has 0 bridgehead atoms. The molecular weight excluding hydrogens is 179 g/mol. The minimum atomic E-state index is -3.29. The Kier molecular flexibility index (Phi) is 3.63. The Labute approximate surface area is 72.8 Å².